The molecule has 19 heavy (non-hydrogen) atoms. The lowest BCUT2D eigenvalue weighted by Crippen LogP contribution is -2.47. The van der Waals surface area contributed by atoms with E-state index in [2.05, 4.69) is 19.2 Å². The summed E-state index contributed by atoms with van der Waals surface area (Å²) in [5.74, 6) is 0.224. The van der Waals surface area contributed by atoms with Crippen LogP contribution in [-0.4, -0.2) is 48.2 Å². The van der Waals surface area contributed by atoms with E-state index in [0.29, 0.717) is 0 Å². The summed E-state index contributed by atoms with van der Waals surface area (Å²) in [4.78, 5) is 14.3. The number of amides is 1. The molecule has 1 saturated heterocycles. The first kappa shape index (κ1) is 16.4. The third kappa shape index (κ3) is 5.91. The van der Waals surface area contributed by atoms with Crippen LogP contribution >= 0.6 is 0 Å². The van der Waals surface area contributed by atoms with Gasteiger partial charge in [-0.3, -0.25) is 4.79 Å². The van der Waals surface area contributed by atoms with Crippen molar-refractivity contribution in [1.82, 2.24) is 10.2 Å². The predicted molar refractivity (Wildman–Crippen MR) is 78.0 cm³/mol. The summed E-state index contributed by atoms with van der Waals surface area (Å²) in [7, 11) is 0. The number of hydrogen-bond donors (Lipinski definition) is 2. The van der Waals surface area contributed by atoms with Crippen molar-refractivity contribution < 1.29 is 9.90 Å². The van der Waals surface area contributed by atoms with Crippen molar-refractivity contribution in [3.63, 3.8) is 0 Å². The third-order valence-electron chi connectivity index (χ3n) is 3.96. The van der Waals surface area contributed by atoms with Gasteiger partial charge >= 0.3 is 0 Å². The summed E-state index contributed by atoms with van der Waals surface area (Å²) in [5.41, 5.74) is 0.0298. The second kappa shape index (κ2) is 7.85. The van der Waals surface area contributed by atoms with Crippen LogP contribution in [0.3, 0.4) is 0 Å². The Balaban J connectivity index is 2.39. The van der Waals surface area contributed by atoms with Crippen molar-refractivity contribution in [2.75, 3.05) is 26.2 Å². The van der Waals surface area contributed by atoms with Gasteiger partial charge in [-0.2, -0.15) is 0 Å². The monoisotopic (exact) mass is 270 g/mol. The Morgan fingerprint density at radius 3 is 2.37 bits per heavy atom. The smallest absolute Gasteiger partial charge is 0.239 e. The highest BCUT2D eigenvalue weighted by Gasteiger charge is 2.24. The lowest BCUT2D eigenvalue weighted by Gasteiger charge is -2.29. The van der Waals surface area contributed by atoms with E-state index in [9.17, 15) is 4.79 Å². The summed E-state index contributed by atoms with van der Waals surface area (Å²) in [6, 6.07) is -0.129. The fourth-order valence-corrected chi connectivity index (χ4v) is 2.47. The lowest BCUT2D eigenvalue weighted by atomic mass is 9.89. The van der Waals surface area contributed by atoms with E-state index in [-0.39, 0.29) is 24.0 Å². The van der Waals surface area contributed by atoms with E-state index in [1.165, 1.54) is 12.8 Å². The Kier molecular flexibility index (Phi) is 6.80. The van der Waals surface area contributed by atoms with Crippen LogP contribution in [0, 0.1) is 5.41 Å². The van der Waals surface area contributed by atoms with Gasteiger partial charge in [-0.1, -0.05) is 26.7 Å². The molecule has 112 valence electrons. The number of hydrogen-bond acceptors (Lipinski definition) is 3. The molecule has 1 atom stereocenters. The molecule has 4 nitrogen and oxygen atoms in total. The number of carbonyl (C=O) groups excluding carboxylic acids is 1. The Labute approximate surface area is 117 Å². The highest BCUT2D eigenvalue weighted by Crippen LogP contribution is 2.18. The largest absolute Gasteiger partial charge is 0.396 e. The SMILES string of the molecule is CC(NCC(C)(C)CCO)C(=O)N1CCCCCC1. The highest BCUT2D eigenvalue weighted by molar-refractivity contribution is 5.81. The third-order valence-corrected chi connectivity index (χ3v) is 3.96. The molecule has 4 heteroatoms. The zero-order chi connectivity index (χ0) is 14.3. The van der Waals surface area contributed by atoms with Gasteiger partial charge in [-0.15, -0.1) is 0 Å². The Morgan fingerprint density at radius 2 is 1.84 bits per heavy atom. The van der Waals surface area contributed by atoms with Gasteiger partial charge in [0.2, 0.25) is 5.91 Å². The minimum Gasteiger partial charge on any atom is -0.396 e. The molecule has 0 aromatic carbocycles. The van der Waals surface area contributed by atoms with Crippen LogP contribution in [0.2, 0.25) is 0 Å². The van der Waals surface area contributed by atoms with Crippen LogP contribution in [0.15, 0.2) is 0 Å². The molecule has 1 aliphatic rings. The van der Waals surface area contributed by atoms with E-state index in [0.717, 1.165) is 38.9 Å². The first-order valence-corrected chi connectivity index (χ1v) is 7.59. The molecule has 0 saturated carbocycles. The minimum absolute atomic E-state index is 0.0298. The molecule has 0 spiro atoms. The number of rotatable bonds is 6. The molecule has 0 radical (unpaired) electrons. The predicted octanol–water partition coefficient (Wildman–Crippen LogP) is 1.78. The van der Waals surface area contributed by atoms with Gasteiger partial charge in [0, 0.05) is 26.2 Å². The van der Waals surface area contributed by atoms with Crippen molar-refractivity contribution in [3.8, 4) is 0 Å². The summed E-state index contributed by atoms with van der Waals surface area (Å²) in [6.07, 6.45) is 5.51. The van der Waals surface area contributed by atoms with Crippen molar-refractivity contribution in [3.05, 3.63) is 0 Å². The second-order valence-corrected chi connectivity index (χ2v) is 6.48. The molecule has 1 rings (SSSR count). The van der Waals surface area contributed by atoms with E-state index in [4.69, 9.17) is 5.11 Å². The maximum Gasteiger partial charge on any atom is 0.239 e. The number of likely N-dealkylation sites (tertiary alicyclic amines) is 1. The van der Waals surface area contributed by atoms with Crippen LogP contribution in [0.5, 0.6) is 0 Å². The minimum atomic E-state index is -0.129. The van der Waals surface area contributed by atoms with Crippen molar-refractivity contribution in [2.45, 2.75) is 58.9 Å². The summed E-state index contributed by atoms with van der Waals surface area (Å²) in [6.45, 7) is 8.94. The van der Waals surface area contributed by atoms with Crippen LogP contribution in [0.1, 0.15) is 52.9 Å². The van der Waals surface area contributed by atoms with Gasteiger partial charge in [0.1, 0.15) is 0 Å². The lowest BCUT2D eigenvalue weighted by molar-refractivity contribution is -0.133. The van der Waals surface area contributed by atoms with Crippen LogP contribution in [-0.2, 0) is 4.79 Å². The number of nitrogens with one attached hydrogen (secondary N) is 1. The van der Waals surface area contributed by atoms with Crippen molar-refractivity contribution in [1.29, 1.82) is 0 Å². The standard InChI is InChI=1S/C15H30N2O2/c1-13(16-12-15(2,3)8-11-18)14(19)17-9-6-4-5-7-10-17/h13,16,18H,4-12H2,1-3H3. The second-order valence-electron chi connectivity index (χ2n) is 6.48. The van der Waals surface area contributed by atoms with Gasteiger partial charge in [0.15, 0.2) is 0 Å². The normalized spacial score (nSPS) is 19.1. The Morgan fingerprint density at radius 1 is 1.26 bits per heavy atom. The Hall–Kier alpha value is -0.610. The summed E-state index contributed by atoms with van der Waals surface area (Å²) in [5, 5.41) is 12.3. The average molecular weight is 270 g/mol. The fourth-order valence-electron chi connectivity index (χ4n) is 2.47. The molecule has 0 aliphatic carbocycles. The average Bonchev–Trinajstić information content (AvgIpc) is 2.64. The molecule has 1 heterocycles. The van der Waals surface area contributed by atoms with E-state index < -0.39 is 0 Å². The quantitative estimate of drug-likeness (QED) is 0.773. The van der Waals surface area contributed by atoms with Crippen LogP contribution in [0.4, 0.5) is 0 Å². The van der Waals surface area contributed by atoms with Crippen molar-refractivity contribution in [2.24, 2.45) is 5.41 Å². The molecule has 1 amide bonds. The number of aliphatic hydroxyl groups excluding tert-OH is 1. The van der Waals surface area contributed by atoms with Gasteiger partial charge in [0.05, 0.1) is 6.04 Å². The molecular weight excluding hydrogens is 240 g/mol. The van der Waals surface area contributed by atoms with Crippen molar-refractivity contribution >= 4 is 5.91 Å². The molecule has 1 fully saturated rings. The summed E-state index contributed by atoms with van der Waals surface area (Å²) < 4.78 is 0. The van der Waals surface area contributed by atoms with Gasteiger partial charge in [0.25, 0.3) is 0 Å². The fraction of sp³-hybridized carbons (Fsp3) is 0.933. The molecule has 0 aromatic rings. The van der Waals surface area contributed by atoms with E-state index in [1.807, 2.05) is 11.8 Å². The summed E-state index contributed by atoms with van der Waals surface area (Å²) >= 11 is 0. The zero-order valence-electron chi connectivity index (χ0n) is 12.7. The van der Waals surface area contributed by atoms with E-state index >= 15 is 0 Å². The van der Waals surface area contributed by atoms with Gasteiger partial charge in [-0.25, -0.2) is 0 Å². The topological polar surface area (TPSA) is 52.6 Å². The zero-order valence-corrected chi connectivity index (χ0v) is 12.7. The highest BCUT2D eigenvalue weighted by atomic mass is 16.3. The molecular formula is C15H30N2O2. The number of aliphatic hydroxyl groups is 1. The number of carbonyl (C=O) groups is 1. The molecule has 2 N–H and O–H groups in total. The molecule has 0 bridgehead atoms. The molecule has 0 aromatic heterocycles. The van der Waals surface area contributed by atoms with Gasteiger partial charge < -0.3 is 15.3 Å². The molecule has 1 unspecified atom stereocenters. The Bertz CT molecular complexity index is 271. The first-order valence-electron chi connectivity index (χ1n) is 7.59. The first-order chi connectivity index (χ1) is 8.96. The van der Waals surface area contributed by atoms with Crippen LogP contribution in [0.25, 0.3) is 0 Å². The maximum absolute atomic E-state index is 12.3. The molecule has 1 aliphatic heterocycles. The van der Waals surface area contributed by atoms with Crippen LogP contribution < -0.4 is 5.32 Å². The number of nitrogens with zero attached hydrogens (tertiary/aromatic N) is 1. The van der Waals surface area contributed by atoms with Gasteiger partial charge in [-0.05, 0) is 31.6 Å². The maximum atomic E-state index is 12.3. The van der Waals surface area contributed by atoms with E-state index in [1.54, 1.807) is 0 Å².